The molecule has 2 N–H and O–H groups in total. The van der Waals surface area contributed by atoms with Crippen molar-refractivity contribution in [3.63, 3.8) is 0 Å². The molecule has 5 nitrogen and oxygen atoms in total. The number of nitrogens with zero attached hydrogens (tertiary/aromatic N) is 1. The second kappa shape index (κ2) is 5.57. The third kappa shape index (κ3) is 3.04. The normalized spacial score (nSPS) is 26.9. The molecule has 0 unspecified atom stereocenters. The van der Waals surface area contributed by atoms with Crippen molar-refractivity contribution < 1.29 is 10.0 Å². The molecule has 104 valence electrons. The highest BCUT2D eigenvalue weighted by molar-refractivity contribution is 5.62. The summed E-state index contributed by atoms with van der Waals surface area (Å²) in [6, 6.07) is 6.61. The summed E-state index contributed by atoms with van der Waals surface area (Å²) in [6.07, 6.45) is 3.76. The third-order valence-electron chi connectivity index (χ3n) is 4.03. The molecule has 0 bridgehead atoms. The molecule has 19 heavy (non-hydrogen) atoms. The van der Waals surface area contributed by atoms with Crippen LogP contribution in [0.25, 0.3) is 0 Å². The van der Waals surface area contributed by atoms with Crippen molar-refractivity contribution in [2.24, 2.45) is 5.92 Å². The number of aliphatic hydroxyl groups excluding tert-OH is 1. The lowest BCUT2D eigenvalue weighted by atomic mass is 9.77. The van der Waals surface area contributed by atoms with E-state index in [1.807, 2.05) is 0 Å². The first-order valence-corrected chi connectivity index (χ1v) is 6.69. The molecule has 5 heteroatoms. The average Bonchev–Trinajstić information content (AvgIpc) is 2.42. The molecule has 0 saturated heterocycles. The number of hydrogen-bond acceptors (Lipinski definition) is 4. The fourth-order valence-corrected chi connectivity index (χ4v) is 2.66. The zero-order valence-corrected chi connectivity index (χ0v) is 11.1. The molecule has 0 amide bonds. The molecule has 1 saturated carbocycles. The molecule has 2 rings (SSSR count). The minimum atomic E-state index is -0.418. The van der Waals surface area contributed by atoms with Crippen LogP contribution in [0.2, 0.25) is 0 Å². The Kier molecular flexibility index (Phi) is 4.04. The van der Waals surface area contributed by atoms with Crippen LogP contribution >= 0.6 is 0 Å². The second-order valence-corrected chi connectivity index (χ2v) is 5.52. The molecule has 1 aliphatic carbocycles. The van der Waals surface area contributed by atoms with Gasteiger partial charge in [-0.3, -0.25) is 10.1 Å². The van der Waals surface area contributed by atoms with Gasteiger partial charge in [0.2, 0.25) is 0 Å². The van der Waals surface area contributed by atoms with E-state index in [0.717, 1.165) is 25.7 Å². The highest BCUT2D eigenvalue weighted by Gasteiger charge is 2.34. The Bertz CT molecular complexity index is 454. The first-order valence-electron chi connectivity index (χ1n) is 6.69. The number of nitro benzene ring substituents is 1. The summed E-state index contributed by atoms with van der Waals surface area (Å²) in [6.45, 7) is 2.21. The highest BCUT2D eigenvalue weighted by atomic mass is 16.6. The third-order valence-corrected chi connectivity index (χ3v) is 4.03. The van der Waals surface area contributed by atoms with Gasteiger partial charge in [-0.15, -0.1) is 0 Å². The van der Waals surface area contributed by atoms with E-state index in [0.29, 0.717) is 11.6 Å². The zero-order valence-electron chi connectivity index (χ0n) is 11.1. The SMILES string of the molecule is CC1CCC(CO)(Nc2ccccc2[N+](=O)[O-])CC1. The molecule has 0 heterocycles. The number of benzene rings is 1. The lowest BCUT2D eigenvalue weighted by molar-refractivity contribution is -0.384. The highest BCUT2D eigenvalue weighted by Crippen LogP contribution is 2.36. The molecule has 1 aliphatic rings. The Hall–Kier alpha value is -1.62. The van der Waals surface area contributed by atoms with E-state index in [-0.39, 0.29) is 12.3 Å². The van der Waals surface area contributed by atoms with Gasteiger partial charge < -0.3 is 10.4 Å². The van der Waals surface area contributed by atoms with Gasteiger partial charge in [-0.25, -0.2) is 0 Å². The van der Waals surface area contributed by atoms with Crippen LogP contribution in [-0.2, 0) is 0 Å². The van der Waals surface area contributed by atoms with Crippen LogP contribution in [0.5, 0.6) is 0 Å². The van der Waals surface area contributed by atoms with Crippen LogP contribution in [0.3, 0.4) is 0 Å². The molecule has 0 atom stereocenters. The molecular weight excluding hydrogens is 244 g/mol. The van der Waals surface area contributed by atoms with E-state index in [2.05, 4.69) is 12.2 Å². The predicted molar refractivity (Wildman–Crippen MR) is 74.2 cm³/mol. The zero-order chi connectivity index (χ0) is 13.9. The predicted octanol–water partition coefficient (Wildman–Crippen LogP) is 2.95. The minimum Gasteiger partial charge on any atom is -0.394 e. The van der Waals surface area contributed by atoms with Crippen molar-refractivity contribution in [3.8, 4) is 0 Å². The maximum absolute atomic E-state index is 11.0. The Labute approximate surface area is 112 Å². The summed E-state index contributed by atoms with van der Waals surface area (Å²) < 4.78 is 0. The van der Waals surface area contributed by atoms with Gasteiger partial charge >= 0.3 is 0 Å². The van der Waals surface area contributed by atoms with Gasteiger partial charge in [0, 0.05) is 6.07 Å². The van der Waals surface area contributed by atoms with Gasteiger partial charge in [-0.1, -0.05) is 19.1 Å². The molecule has 0 spiro atoms. The quantitative estimate of drug-likeness (QED) is 0.647. The second-order valence-electron chi connectivity index (χ2n) is 5.52. The number of rotatable bonds is 4. The first-order chi connectivity index (χ1) is 9.06. The van der Waals surface area contributed by atoms with Crippen molar-refractivity contribution in [2.75, 3.05) is 11.9 Å². The molecular formula is C14H20N2O3. The van der Waals surface area contributed by atoms with Crippen LogP contribution < -0.4 is 5.32 Å². The van der Waals surface area contributed by atoms with Crippen LogP contribution in [0.15, 0.2) is 24.3 Å². The average molecular weight is 264 g/mol. The van der Waals surface area contributed by atoms with E-state index < -0.39 is 10.5 Å². The van der Waals surface area contributed by atoms with Gasteiger partial charge in [0.05, 0.1) is 17.1 Å². The molecule has 1 aromatic rings. The fraction of sp³-hybridized carbons (Fsp3) is 0.571. The van der Waals surface area contributed by atoms with E-state index >= 15 is 0 Å². The smallest absolute Gasteiger partial charge is 0.292 e. The van der Waals surface area contributed by atoms with Crippen LogP contribution in [-0.4, -0.2) is 22.2 Å². The molecule has 0 aliphatic heterocycles. The number of nitrogens with one attached hydrogen (secondary N) is 1. The van der Waals surface area contributed by atoms with Gasteiger partial charge in [0.15, 0.2) is 0 Å². The Balaban J connectivity index is 2.21. The number of anilines is 1. The summed E-state index contributed by atoms with van der Waals surface area (Å²) in [5.41, 5.74) is 0.142. The van der Waals surface area contributed by atoms with Crippen molar-refractivity contribution in [1.29, 1.82) is 0 Å². The van der Waals surface area contributed by atoms with E-state index in [1.54, 1.807) is 18.2 Å². The van der Waals surface area contributed by atoms with E-state index in [9.17, 15) is 15.2 Å². The summed E-state index contributed by atoms with van der Waals surface area (Å²) in [4.78, 5) is 10.6. The minimum absolute atomic E-state index is 0.00572. The van der Waals surface area contributed by atoms with Crippen molar-refractivity contribution in [1.82, 2.24) is 0 Å². The lowest BCUT2D eigenvalue weighted by Gasteiger charge is -2.39. The molecule has 1 aromatic carbocycles. The number of hydrogen-bond donors (Lipinski definition) is 2. The first kappa shape index (κ1) is 13.8. The molecule has 1 fully saturated rings. The number of aliphatic hydroxyl groups is 1. The van der Waals surface area contributed by atoms with Gasteiger partial charge in [-0.2, -0.15) is 0 Å². The van der Waals surface area contributed by atoms with Gasteiger partial charge in [0.1, 0.15) is 5.69 Å². The molecule has 0 aromatic heterocycles. The summed E-state index contributed by atoms with van der Waals surface area (Å²) in [5, 5.41) is 23.9. The Morgan fingerprint density at radius 2 is 2.05 bits per heavy atom. The number of nitro groups is 1. The summed E-state index contributed by atoms with van der Waals surface area (Å²) in [7, 11) is 0. The lowest BCUT2D eigenvalue weighted by Crippen LogP contribution is -2.45. The van der Waals surface area contributed by atoms with E-state index in [4.69, 9.17) is 0 Å². The summed E-state index contributed by atoms with van der Waals surface area (Å²) >= 11 is 0. The number of para-hydroxylation sites is 2. The Morgan fingerprint density at radius 1 is 1.42 bits per heavy atom. The monoisotopic (exact) mass is 264 g/mol. The standard InChI is InChI=1S/C14H20N2O3/c1-11-6-8-14(10-17,9-7-11)15-12-4-2-3-5-13(12)16(18)19/h2-5,11,15,17H,6-10H2,1H3. The maximum atomic E-state index is 11.0. The summed E-state index contributed by atoms with van der Waals surface area (Å²) in [5.74, 6) is 0.659. The fourth-order valence-electron chi connectivity index (χ4n) is 2.66. The van der Waals surface area contributed by atoms with Crippen LogP contribution in [0, 0.1) is 16.0 Å². The van der Waals surface area contributed by atoms with Crippen LogP contribution in [0.1, 0.15) is 32.6 Å². The van der Waals surface area contributed by atoms with E-state index in [1.165, 1.54) is 6.07 Å². The molecule has 0 radical (unpaired) electrons. The largest absolute Gasteiger partial charge is 0.394 e. The topological polar surface area (TPSA) is 75.4 Å². The van der Waals surface area contributed by atoms with Crippen molar-refractivity contribution in [3.05, 3.63) is 34.4 Å². The Morgan fingerprint density at radius 3 is 2.63 bits per heavy atom. The van der Waals surface area contributed by atoms with Gasteiger partial charge in [-0.05, 0) is 37.7 Å². The van der Waals surface area contributed by atoms with Crippen LogP contribution in [0.4, 0.5) is 11.4 Å². The van der Waals surface area contributed by atoms with Crippen molar-refractivity contribution >= 4 is 11.4 Å². The van der Waals surface area contributed by atoms with Gasteiger partial charge in [0.25, 0.3) is 5.69 Å². The van der Waals surface area contributed by atoms with Crippen molar-refractivity contribution in [2.45, 2.75) is 38.1 Å². The maximum Gasteiger partial charge on any atom is 0.292 e.